The molecule has 1 amide bonds. The quantitative estimate of drug-likeness (QED) is 0.0708. The van der Waals surface area contributed by atoms with Crippen LogP contribution < -0.4 is 10.1 Å². The first-order chi connectivity index (χ1) is 32.0. The number of carbonyl (C=O) groups is 1. The van der Waals surface area contributed by atoms with Crippen LogP contribution in [-0.4, -0.2) is 59.0 Å². The molecule has 8 rings (SSSR count). The van der Waals surface area contributed by atoms with Crippen molar-refractivity contribution in [2.45, 2.75) is 84.7 Å². The summed E-state index contributed by atoms with van der Waals surface area (Å²) in [7, 11) is 0. The van der Waals surface area contributed by atoms with Crippen molar-refractivity contribution in [2.24, 2.45) is 0 Å². The van der Waals surface area contributed by atoms with E-state index in [1.165, 1.54) is 16.7 Å². The molecular weight excluding hydrogens is 807 g/mol. The number of pyridine rings is 2. The second kappa shape index (κ2) is 24.5. The first kappa shape index (κ1) is 45.7. The molecule has 0 atom stereocenters. The lowest BCUT2D eigenvalue weighted by molar-refractivity contribution is 0.0953. The minimum atomic E-state index is -0.00513. The Balaban J connectivity index is 0.000000195. The highest BCUT2D eigenvalue weighted by atomic mass is 16.5. The first-order valence-corrected chi connectivity index (χ1v) is 22.9. The highest BCUT2D eigenvalue weighted by Crippen LogP contribution is 2.32. The summed E-state index contributed by atoms with van der Waals surface area (Å²) in [5.41, 5.74) is 11.4. The van der Waals surface area contributed by atoms with Gasteiger partial charge in [0.1, 0.15) is 17.1 Å². The van der Waals surface area contributed by atoms with Crippen LogP contribution >= 0.6 is 0 Å². The molecule has 4 heterocycles. The fourth-order valence-electron chi connectivity index (χ4n) is 7.73. The zero-order valence-electron chi connectivity index (χ0n) is 37.6. The number of aromatic nitrogens is 8. The summed E-state index contributed by atoms with van der Waals surface area (Å²) in [6, 6.07) is 40.6. The Morgan fingerprint density at radius 2 is 1.02 bits per heavy atom. The summed E-state index contributed by atoms with van der Waals surface area (Å²) in [6.07, 6.45) is 20.9. The lowest BCUT2D eigenvalue weighted by Crippen LogP contribution is -2.25. The number of para-hydroxylation sites is 1. The van der Waals surface area contributed by atoms with Crippen molar-refractivity contribution in [1.29, 1.82) is 0 Å². The van der Waals surface area contributed by atoms with Crippen LogP contribution in [-0.2, 0) is 13.1 Å². The molecule has 8 aromatic rings. The Morgan fingerprint density at radius 1 is 0.523 bits per heavy atom. The Labute approximate surface area is 383 Å². The molecule has 0 bridgehead atoms. The summed E-state index contributed by atoms with van der Waals surface area (Å²) >= 11 is 0. The van der Waals surface area contributed by atoms with Crippen LogP contribution in [0, 0.1) is 13.8 Å². The highest BCUT2D eigenvalue weighted by Gasteiger charge is 2.13. The molecule has 0 aliphatic carbocycles. The molecule has 0 unspecified atom stereocenters. The predicted octanol–water partition coefficient (Wildman–Crippen LogP) is 11.7. The summed E-state index contributed by atoms with van der Waals surface area (Å²) in [4.78, 5) is 21.1. The van der Waals surface area contributed by atoms with Gasteiger partial charge in [-0.15, -0.1) is 10.2 Å². The molecule has 0 aliphatic rings. The van der Waals surface area contributed by atoms with Gasteiger partial charge in [0.25, 0.3) is 5.91 Å². The van der Waals surface area contributed by atoms with E-state index in [4.69, 9.17) is 4.74 Å². The molecule has 1 N–H and O–H groups in total. The van der Waals surface area contributed by atoms with Crippen LogP contribution in [0.2, 0.25) is 0 Å². The largest absolute Gasteiger partial charge is 0.493 e. The second-order valence-electron chi connectivity index (χ2n) is 16.2. The second-order valence-corrected chi connectivity index (χ2v) is 16.2. The predicted molar refractivity (Wildman–Crippen MR) is 259 cm³/mol. The van der Waals surface area contributed by atoms with E-state index in [-0.39, 0.29) is 5.91 Å². The van der Waals surface area contributed by atoms with Gasteiger partial charge in [0.05, 0.1) is 19.0 Å². The van der Waals surface area contributed by atoms with E-state index in [9.17, 15) is 4.79 Å². The van der Waals surface area contributed by atoms with Gasteiger partial charge < -0.3 is 10.1 Å². The maximum absolute atomic E-state index is 12.8. The third-order valence-corrected chi connectivity index (χ3v) is 11.3. The number of nitrogens with zero attached hydrogens (tertiary/aromatic N) is 8. The maximum Gasteiger partial charge on any atom is 0.251 e. The number of unbranched alkanes of at least 4 members (excludes halogenated alkanes) is 7. The Hall–Kier alpha value is -7.27. The minimum absolute atomic E-state index is 0.00513. The average molecular weight is 866 g/mol. The number of nitrogens with one attached hydrogen (secondary N) is 1. The molecular formula is C54H59N9O2. The number of ether oxygens (including phenoxy) is 1. The van der Waals surface area contributed by atoms with E-state index in [1.54, 1.807) is 18.6 Å². The maximum atomic E-state index is 12.8. The van der Waals surface area contributed by atoms with Crippen molar-refractivity contribution in [3.05, 3.63) is 175 Å². The number of carbonyl (C=O) groups excluding carboxylic acids is 1. The van der Waals surface area contributed by atoms with Gasteiger partial charge in [-0.05, 0) is 110 Å². The van der Waals surface area contributed by atoms with Crippen molar-refractivity contribution in [2.75, 3.05) is 13.2 Å². The van der Waals surface area contributed by atoms with Crippen molar-refractivity contribution in [1.82, 2.24) is 45.3 Å². The van der Waals surface area contributed by atoms with Gasteiger partial charge in [-0.3, -0.25) is 24.1 Å². The third-order valence-electron chi connectivity index (χ3n) is 11.3. The molecule has 0 saturated carbocycles. The number of rotatable bonds is 21. The van der Waals surface area contributed by atoms with Crippen LogP contribution in [0.5, 0.6) is 5.75 Å². The molecule has 0 aliphatic heterocycles. The Bertz CT molecular complexity index is 2660. The Morgan fingerprint density at radius 3 is 1.60 bits per heavy atom. The fourth-order valence-corrected chi connectivity index (χ4v) is 7.73. The van der Waals surface area contributed by atoms with Crippen LogP contribution in [0.3, 0.4) is 0 Å². The molecule has 11 nitrogen and oxygen atoms in total. The molecule has 0 radical (unpaired) electrons. The smallest absolute Gasteiger partial charge is 0.251 e. The third kappa shape index (κ3) is 13.6. The molecule has 332 valence electrons. The molecule has 0 fully saturated rings. The van der Waals surface area contributed by atoms with Crippen LogP contribution in [0.15, 0.2) is 159 Å². The normalized spacial score (nSPS) is 10.9. The molecule has 0 saturated heterocycles. The van der Waals surface area contributed by atoms with Gasteiger partial charge in [0.2, 0.25) is 0 Å². The number of aryl methyl sites for hydroxylation is 4. The number of amides is 1. The number of hydrogen-bond acceptors (Lipinski definition) is 8. The summed E-state index contributed by atoms with van der Waals surface area (Å²) < 4.78 is 9.94. The molecule has 4 aromatic carbocycles. The van der Waals surface area contributed by atoms with Crippen LogP contribution in [0.4, 0.5) is 0 Å². The van der Waals surface area contributed by atoms with E-state index < -0.39 is 0 Å². The van der Waals surface area contributed by atoms with Crippen LogP contribution in [0.25, 0.3) is 44.8 Å². The lowest BCUT2D eigenvalue weighted by Gasteiger charge is -2.13. The number of benzene rings is 4. The minimum Gasteiger partial charge on any atom is -0.493 e. The van der Waals surface area contributed by atoms with Gasteiger partial charge >= 0.3 is 0 Å². The SMILES string of the molecule is Cc1ccccc1-c1ccccc1C(=O)NCCCCCCCn1cc(-c2cccnc2)nn1.Cc1ccccc1-c1ccccc1OCCCCCCn1cc(-c2cccnc2)nn1. The molecule has 11 heteroatoms. The van der Waals surface area contributed by atoms with Crippen molar-refractivity contribution < 1.29 is 9.53 Å². The van der Waals surface area contributed by atoms with Gasteiger partial charge in [0, 0.05) is 66.7 Å². The zero-order valence-corrected chi connectivity index (χ0v) is 37.6. The van der Waals surface area contributed by atoms with E-state index in [1.807, 2.05) is 94.7 Å². The zero-order chi connectivity index (χ0) is 44.9. The average Bonchev–Trinajstić information content (AvgIpc) is 4.04. The van der Waals surface area contributed by atoms with E-state index in [0.717, 1.165) is 128 Å². The lowest BCUT2D eigenvalue weighted by atomic mass is 9.95. The van der Waals surface area contributed by atoms with E-state index in [0.29, 0.717) is 6.54 Å². The van der Waals surface area contributed by atoms with E-state index >= 15 is 0 Å². The van der Waals surface area contributed by atoms with Crippen molar-refractivity contribution >= 4 is 5.91 Å². The molecule has 65 heavy (non-hydrogen) atoms. The molecule has 4 aromatic heterocycles. The summed E-state index contributed by atoms with van der Waals surface area (Å²) in [6.45, 7) is 7.38. The van der Waals surface area contributed by atoms with Gasteiger partial charge in [-0.25, -0.2) is 0 Å². The van der Waals surface area contributed by atoms with Crippen LogP contribution in [0.1, 0.15) is 79.3 Å². The number of hydrogen-bond donors (Lipinski definition) is 1. The van der Waals surface area contributed by atoms with Crippen molar-refractivity contribution in [3.8, 4) is 50.5 Å². The highest BCUT2D eigenvalue weighted by molar-refractivity contribution is 6.01. The summed E-state index contributed by atoms with van der Waals surface area (Å²) in [5, 5.41) is 20.0. The van der Waals surface area contributed by atoms with E-state index in [2.05, 4.69) is 104 Å². The first-order valence-electron chi connectivity index (χ1n) is 22.9. The topological polar surface area (TPSA) is 126 Å². The van der Waals surface area contributed by atoms with Crippen molar-refractivity contribution in [3.63, 3.8) is 0 Å². The Kier molecular flexibility index (Phi) is 17.3. The van der Waals surface area contributed by atoms with Gasteiger partial charge in [0.15, 0.2) is 0 Å². The fraction of sp³-hybridized carbons (Fsp3) is 0.278. The standard InChI is InChI=1S/C28H31N5O.C26H28N4O/c1-22-12-5-6-14-24(22)25-15-7-8-16-26(25)28(34)30-18-9-3-2-4-10-19-33-21-27(31-32-33)23-13-11-17-29-20-23;1-21-11-4-5-13-23(21)24-14-6-7-15-26(24)31-18-9-3-2-8-17-30-20-25(28-29-30)22-12-10-16-27-19-22/h5-8,11-17,20-21H,2-4,9-10,18-19H2,1H3,(H,30,34);4-7,10-16,19-20H,2-3,8-9,17-18H2,1H3. The van der Waals surface area contributed by atoms with Gasteiger partial charge in [-0.1, -0.05) is 121 Å². The summed E-state index contributed by atoms with van der Waals surface area (Å²) in [5.74, 6) is 0.955. The monoisotopic (exact) mass is 865 g/mol. The van der Waals surface area contributed by atoms with Gasteiger partial charge in [-0.2, -0.15) is 0 Å². The molecule has 0 spiro atoms.